The van der Waals surface area contributed by atoms with Crippen molar-refractivity contribution in [3.8, 4) is 0 Å². The average Bonchev–Trinajstić information content (AvgIpc) is 3.26. The molecule has 6 heteroatoms. The molecule has 0 aliphatic rings. The molecule has 0 fully saturated rings. The number of allylic oxidation sites excluding steroid dienone is 2. The Morgan fingerprint density at radius 1 is 0.443 bits per heavy atom. The second-order valence-electron chi connectivity index (χ2n) is 18.9. The minimum Gasteiger partial charge on any atom is -0.466 e. The van der Waals surface area contributed by atoms with E-state index in [9.17, 15) is 19.8 Å². The van der Waals surface area contributed by atoms with Gasteiger partial charge in [0.05, 0.1) is 25.4 Å². The first-order valence-electron chi connectivity index (χ1n) is 27.4. The lowest BCUT2D eigenvalue weighted by Crippen LogP contribution is -2.45. The monoisotopic (exact) mass is 862 g/mol. The average molecular weight is 862 g/mol. The summed E-state index contributed by atoms with van der Waals surface area (Å²) in [4.78, 5) is 24.5. The van der Waals surface area contributed by atoms with Crippen LogP contribution < -0.4 is 5.32 Å². The van der Waals surface area contributed by atoms with Gasteiger partial charge in [0.1, 0.15) is 0 Å². The van der Waals surface area contributed by atoms with Gasteiger partial charge in [0.15, 0.2) is 0 Å². The van der Waals surface area contributed by atoms with Gasteiger partial charge in [-0.3, -0.25) is 9.59 Å². The Kier molecular flexibility index (Phi) is 50.1. The van der Waals surface area contributed by atoms with Crippen LogP contribution in [0.25, 0.3) is 0 Å². The standard InChI is InChI=1S/C55H107NO5/c1-3-5-7-9-11-13-15-16-17-22-25-29-33-37-41-45-49-55(60)61-50-46-42-38-34-30-26-23-20-18-19-21-24-28-32-36-40-44-48-54(59)56-52(51-57)53(58)47-43-39-35-31-27-14-12-10-8-6-4-2/h18,20,52-53,57-58H,3-17,19,21-51H2,1-2H3,(H,56,59)/b20-18-. The number of esters is 1. The van der Waals surface area contributed by atoms with Crippen LogP contribution in [-0.2, 0) is 14.3 Å². The number of unbranched alkanes of at least 4 members (excludes halogenated alkanes) is 38. The van der Waals surface area contributed by atoms with Gasteiger partial charge in [-0.25, -0.2) is 0 Å². The number of nitrogens with one attached hydrogen (secondary N) is 1. The van der Waals surface area contributed by atoms with Crippen molar-refractivity contribution >= 4 is 11.9 Å². The molecule has 0 heterocycles. The van der Waals surface area contributed by atoms with Crippen LogP contribution in [0.2, 0.25) is 0 Å². The first-order chi connectivity index (χ1) is 30.0. The third kappa shape index (κ3) is 47.9. The van der Waals surface area contributed by atoms with Crippen molar-refractivity contribution in [2.24, 2.45) is 0 Å². The van der Waals surface area contributed by atoms with Crippen molar-refractivity contribution in [2.75, 3.05) is 13.2 Å². The van der Waals surface area contributed by atoms with E-state index in [1.54, 1.807) is 0 Å². The van der Waals surface area contributed by atoms with E-state index < -0.39 is 12.1 Å². The molecule has 0 aromatic carbocycles. The smallest absolute Gasteiger partial charge is 0.305 e. The maximum atomic E-state index is 12.4. The number of carbonyl (C=O) groups excluding carboxylic acids is 2. The molecule has 0 bridgehead atoms. The summed E-state index contributed by atoms with van der Waals surface area (Å²) >= 11 is 0. The van der Waals surface area contributed by atoms with E-state index in [0.717, 1.165) is 51.4 Å². The van der Waals surface area contributed by atoms with Crippen molar-refractivity contribution in [3.63, 3.8) is 0 Å². The number of rotatable bonds is 51. The minimum atomic E-state index is -0.669. The predicted octanol–water partition coefficient (Wildman–Crippen LogP) is 16.5. The molecule has 6 nitrogen and oxygen atoms in total. The normalized spacial score (nSPS) is 12.7. The maximum Gasteiger partial charge on any atom is 0.305 e. The summed E-state index contributed by atoms with van der Waals surface area (Å²) in [5.74, 6) is -0.0455. The van der Waals surface area contributed by atoms with Crippen LogP contribution in [0.5, 0.6) is 0 Å². The molecule has 1 amide bonds. The Bertz CT molecular complexity index is 909. The molecule has 3 N–H and O–H groups in total. The van der Waals surface area contributed by atoms with Gasteiger partial charge < -0.3 is 20.3 Å². The van der Waals surface area contributed by atoms with E-state index in [1.807, 2.05) is 0 Å². The van der Waals surface area contributed by atoms with Crippen molar-refractivity contribution < 1.29 is 24.5 Å². The summed E-state index contributed by atoms with van der Waals surface area (Å²) < 4.78 is 5.47. The SMILES string of the molecule is CCCCCCCCCCCCCCCCCCC(=O)OCCCCCCCC/C=C\CCCCCCCCCC(=O)NC(CO)C(O)CCCCCCCCCCCCC. The molecule has 0 rings (SSSR count). The van der Waals surface area contributed by atoms with Gasteiger partial charge in [0, 0.05) is 12.8 Å². The second-order valence-corrected chi connectivity index (χ2v) is 18.9. The molecule has 0 aromatic heterocycles. The molecular weight excluding hydrogens is 755 g/mol. The fourth-order valence-electron chi connectivity index (χ4n) is 8.58. The molecule has 0 saturated carbocycles. The molecule has 61 heavy (non-hydrogen) atoms. The molecule has 2 atom stereocenters. The van der Waals surface area contributed by atoms with E-state index >= 15 is 0 Å². The Balaban J connectivity index is 3.42. The van der Waals surface area contributed by atoms with Gasteiger partial charge in [-0.1, -0.05) is 251 Å². The number of hydrogen-bond acceptors (Lipinski definition) is 5. The summed E-state index contributed by atoms with van der Waals surface area (Å²) in [6.45, 7) is 4.93. The Morgan fingerprint density at radius 3 is 1.16 bits per heavy atom. The molecule has 0 aliphatic carbocycles. The molecule has 0 aromatic rings. The highest BCUT2D eigenvalue weighted by Crippen LogP contribution is 2.17. The summed E-state index contributed by atoms with van der Waals surface area (Å²) in [5.41, 5.74) is 0. The Morgan fingerprint density at radius 2 is 0.770 bits per heavy atom. The van der Waals surface area contributed by atoms with Gasteiger partial charge >= 0.3 is 5.97 Å². The number of hydrogen-bond donors (Lipinski definition) is 3. The first-order valence-corrected chi connectivity index (χ1v) is 27.4. The molecule has 2 unspecified atom stereocenters. The van der Waals surface area contributed by atoms with Gasteiger partial charge in [-0.15, -0.1) is 0 Å². The number of ether oxygens (including phenoxy) is 1. The van der Waals surface area contributed by atoms with Gasteiger partial charge in [0.2, 0.25) is 5.91 Å². The number of carbonyl (C=O) groups is 2. The van der Waals surface area contributed by atoms with Gasteiger partial charge in [0.25, 0.3) is 0 Å². The Hall–Kier alpha value is -1.40. The van der Waals surface area contributed by atoms with E-state index in [4.69, 9.17) is 4.74 Å². The molecule has 362 valence electrons. The molecular formula is C55H107NO5. The number of amides is 1. The van der Waals surface area contributed by atoms with Crippen LogP contribution in [0.1, 0.15) is 303 Å². The molecule has 0 aliphatic heterocycles. The number of aliphatic hydroxyl groups is 2. The summed E-state index contributed by atoms with van der Waals surface area (Å²) in [7, 11) is 0. The predicted molar refractivity (Wildman–Crippen MR) is 264 cm³/mol. The van der Waals surface area contributed by atoms with Crippen molar-refractivity contribution in [2.45, 2.75) is 315 Å². The highest BCUT2D eigenvalue weighted by atomic mass is 16.5. The summed E-state index contributed by atoms with van der Waals surface area (Å²) in [5, 5.41) is 23.1. The third-order valence-corrected chi connectivity index (χ3v) is 12.8. The third-order valence-electron chi connectivity index (χ3n) is 12.8. The van der Waals surface area contributed by atoms with Crippen LogP contribution in [0.3, 0.4) is 0 Å². The summed E-state index contributed by atoms with van der Waals surface area (Å²) in [6, 6.07) is -0.548. The topological polar surface area (TPSA) is 95.9 Å². The molecule has 0 spiro atoms. The van der Waals surface area contributed by atoms with E-state index in [1.165, 1.54) is 218 Å². The zero-order valence-electron chi connectivity index (χ0n) is 41.2. The van der Waals surface area contributed by atoms with Crippen LogP contribution in [-0.4, -0.2) is 47.4 Å². The van der Waals surface area contributed by atoms with Crippen LogP contribution in [0.15, 0.2) is 12.2 Å². The van der Waals surface area contributed by atoms with Crippen molar-refractivity contribution in [3.05, 3.63) is 12.2 Å². The van der Waals surface area contributed by atoms with Crippen molar-refractivity contribution in [1.29, 1.82) is 0 Å². The zero-order chi connectivity index (χ0) is 44.4. The minimum absolute atomic E-state index is 0.00179. The first kappa shape index (κ1) is 59.6. The lowest BCUT2D eigenvalue weighted by atomic mass is 10.0. The Labute approximate surface area is 380 Å². The van der Waals surface area contributed by atoms with E-state index in [-0.39, 0.29) is 18.5 Å². The highest BCUT2D eigenvalue weighted by molar-refractivity contribution is 5.76. The molecule has 0 radical (unpaired) electrons. The largest absolute Gasteiger partial charge is 0.466 e. The van der Waals surface area contributed by atoms with E-state index in [0.29, 0.717) is 25.9 Å². The molecule has 0 saturated heterocycles. The van der Waals surface area contributed by atoms with Crippen molar-refractivity contribution in [1.82, 2.24) is 5.32 Å². The van der Waals surface area contributed by atoms with Gasteiger partial charge in [-0.05, 0) is 51.4 Å². The fraction of sp³-hybridized carbons (Fsp3) is 0.927. The van der Waals surface area contributed by atoms with Crippen LogP contribution in [0, 0.1) is 0 Å². The second kappa shape index (κ2) is 51.2. The van der Waals surface area contributed by atoms with Crippen LogP contribution in [0.4, 0.5) is 0 Å². The van der Waals surface area contributed by atoms with E-state index in [2.05, 4.69) is 31.3 Å². The fourth-order valence-corrected chi connectivity index (χ4v) is 8.58. The summed E-state index contributed by atoms with van der Waals surface area (Å²) in [6.07, 6.45) is 59.1. The van der Waals surface area contributed by atoms with Crippen LogP contribution >= 0.6 is 0 Å². The number of aliphatic hydroxyl groups excluding tert-OH is 2. The zero-order valence-corrected chi connectivity index (χ0v) is 41.2. The maximum absolute atomic E-state index is 12.4. The lowest BCUT2D eigenvalue weighted by molar-refractivity contribution is -0.143. The highest BCUT2D eigenvalue weighted by Gasteiger charge is 2.20. The quantitative estimate of drug-likeness (QED) is 0.0322. The lowest BCUT2D eigenvalue weighted by Gasteiger charge is -2.22. The van der Waals surface area contributed by atoms with Gasteiger partial charge in [-0.2, -0.15) is 0 Å².